The van der Waals surface area contributed by atoms with E-state index in [1.807, 2.05) is 6.92 Å². The highest BCUT2D eigenvalue weighted by Crippen LogP contribution is 2.10. The van der Waals surface area contributed by atoms with Crippen molar-refractivity contribution in [2.45, 2.75) is 44.7 Å². The van der Waals surface area contributed by atoms with E-state index in [1.54, 1.807) is 0 Å². The topological polar surface area (TPSA) is 67.2 Å². The Morgan fingerprint density at radius 1 is 1.50 bits per heavy atom. The van der Waals surface area contributed by atoms with Gasteiger partial charge in [-0.05, 0) is 19.3 Å². The smallest absolute Gasteiger partial charge is 0.221 e. The number of nitrogens with one attached hydrogen (secondary N) is 2. The molecule has 0 aromatic rings. The van der Waals surface area contributed by atoms with Crippen LogP contribution >= 0.6 is 0 Å². The highest BCUT2D eigenvalue weighted by atomic mass is 16.1. The van der Waals surface area contributed by atoms with Crippen LogP contribution in [-0.2, 0) is 4.79 Å². The van der Waals surface area contributed by atoms with Gasteiger partial charge < -0.3 is 16.4 Å². The second-order valence-electron chi connectivity index (χ2n) is 4.29. The first-order valence-electron chi connectivity index (χ1n) is 6.14. The summed E-state index contributed by atoms with van der Waals surface area (Å²) in [5, 5.41) is 6.30. The first-order valence-corrected chi connectivity index (χ1v) is 6.14. The highest BCUT2D eigenvalue weighted by Gasteiger charge is 2.17. The van der Waals surface area contributed by atoms with Gasteiger partial charge in [0.1, 0.15) is 0 Å². The lowest BCUT2D eigenvalue weighted by molar-refractivity contribution is -0.121. The van der Waals surface area contributed by atoms with Crippen LogP contribution in [-0.4, -0.2) is 31.1 Å². The summed E-state index contributed by atoms with van der Waals surface area (Å²) < 4.78 is 0. The van der Waals surface area contributed by atoms with Crippen LogP contribution in [0.4, 0.5) is 0 Å². The molecule has 0 aromatic carbocycles. The van der Waals surface area contributed by atoms with Gasteiger partial charge in [-0.3, -0.25) is 4.79 Å². The Morgan fingerprint density at radius 2 is 2.19 bits per heavy atom. The minimum Gasteiger partial charge on any atom is -0.356 e. The molecule has 0 saturated carbocycles. The van der Waals surface area contributed by atoms with Crippen molar-refractivity contribution in [1.29, 1.82) is 0 Å². The molecule has 0 saturated heterocycles. The van der Waals surface area contributed by atoms with E-state index in [2.05, 4.69) is 22.8 Å². The molecule has 0 heterocycles. The van der Waals surface area contributed by atoms with Gasteiger partial charge in [0.15, 0.2) is 0 Å². The van der Waals surface area contributed by atoms with Crippen LogP contribution in [0.15, 0.2) is 12.2 Å². The van der Waals surface area contributed by atoms with Gasteiger partial charge in [0.2, 0.25) is 5.91 Å². The van der Waals surface area contributed by atoms with E-state index in [9.17, 15) is 4.79 Å². The minimum atomic E-state index is 0.0933. The van der Waals surface area contributed by atoms with Gasteiger partial charge in [-0.2, -0.15) is 0 Å². The lowest BCUT2D eigenvalue weighted by atomic mass is 10.1. The summed E-state index contributed by atoms with van der Waals surface area (Å²) in [4.78, 5) is 11.5. The molecule has 4 heteroatoms. The Bertz CT molecular complexity index is 232. The third-order valence-electron chi connectivity index (χ3n) is 2.77. The molecule has 0 aromatic heterocycles. The number of amides is 1. The second kappa shape index (κ2) is 7.41. The molecule has 1 rings (SSSR count). The van der Waals surface area contributed by atoms with Gasteiger partial charge in [-0.25, -0.2) is 0 Å². The normalized spacial score (nSPS) is 17.6. The summed E-state index contributed by atoms with van der Waals surface area (Å²) in [5.41, 5.74) is 5.66. The molecule has 1 atom stereocenters. The third-order valence-corrected chi connectivity index (χ3v) is 2.77. The van der Waals surface area contributed by atoms with E-state index < -0.39 is 0 Å². The monoisotopic (exact) mass is 225 g/mol. The molecule has 4 N–H and O–H groups in total. The number of hydrogen-bond donors (Lipinski definition) is 3. The van der Waals surface area contributed by atoms with Gasteiger partial charge >= 0.3 is 0 Å². The summed E-state index contributed by atoms with van der Waals surface area (Å²) >= 11 is 0. The van der Waals surface area contributed by atoms with Crippen LogP contribution in [0.25, 0.3) is 0 Å². The molecule has 0 bridgehead atoms. The van der Waals surface area contributed by atoms with Crippen molar-refractivity contribution in [3.05, 3.63) is 12.2 Å². The van der Waals surface area contributed by atoms with Gasteiger partial charge in [0.05, 0.1) is 0 Å². The molecule has 0 radical (unpaired) electrons. The lowest BCUT2D eigenvalue weighted by Gasteiger charge is -2.21. The quantitative estimate of drug-likeness (QED) is 0.554. The highest BCUT2D eigenvalue weighted by molar-refractivity contribution is 5.76. The van der Waals surface area contributed by atoms with Crippen molar-refractivity contribution in [3.8, 4) is 0 Å². The zero-order valence-corrected chi connectivity index (χ0v) is 10.0. The minimum absolute atomic E-state index is 0.0933. The molecular weight excluding hydrogens is 202 g/mol. The predicted molar refractivity (Wildman–Crippen MR) is 66.1 cm³/mol. The third kappa shape index (κ3) is 4.77. The Balaban J connectivity index is 2.22. The fourth-order valence-electron chi connectivity index (χ4n) is 1.86. The van der Waals surface area contributed by atoms with E-state index >= 15 is 0 Å². The zero-order valence-electron chi connectivity index (χ0n) is 10.0. The Labute approximate surface area is 97.7 Å². The van der Waals surface area contributed by atoms with E-state index in [0.29, 0.717) is 19.0 Å². The number of carbonyl (C=O) groups excluding carboxylic acids is 1. The predicted octanol–water partition coefficient (Wildman–Crippen LogP) is 0.538. The van der Waals surface area contributed by atoms with E-state index in [4.69, 9.17) is 5.73 Å². The summed E-state index contributed by atoms with van der Waals surface area (Å²) in [6.07, 6.45) is 7.89. The lowest BCUT2D eigenvalue weighted by Crippen LogP contribution is -2.44. The molecule has 16 heavy (non-hydrogen) atoms. The molecule has 0 aliphatic heterocycles. The fourth-order valence-corrected chi connectivity index (χ4v) is 1.86. The van der Waals surface area contributed by atoms with Crippen molar-refractivity contribution in [1.82, 2.24) is 10.6 Å². The molecule has 1 aliphatic carbocycles. The van der Waals surface area contributed by atoms with Crippen molar-refractivity contribution < 1.29 is 4.79 Å². The fraction of sp³-hybridized carbons (Fsp3) is 0.750. The molecule has 0 fully saturated rings. The summed E-state index contributed by atoms with van der Waals surface area (Å²) in [7, 11) is 0. The van der Waals surface area contributed by atoms with Gasteiger partial charge in [0.25, 0.3) is 0 Å². The second-order valence-corrected chi connectivity index (χ2v) is 4.29. The van der Waals surface area contributed by atoms with E-state index in [1.165, 1.54) is 0 Å². The van der Waals surface area contributed by atoms with Crippen LogP contribution in [0.1, 0.15) is 32.6 Å². The standard InChI is InChI=1S/C12H23N3O/c1-2-7-14-12(16)8-11(9-13)15-10-5-3-4-6-10/h3-4,10-11,15H,2,5-9,13H2,1H3,(H,14,16). The van der Waals surface area contributed by atoms with E-state index in [0.717, 1.165) is 25.8 Å². The van der Waals surface area contributed by atoms with Gasteiger partial charge in [0, 0.05) is 31.6 Å². The first-order chi connectivity index (χ1) is 7.76. The van der Waals surface area contributed by atoms with E-state index in [-0.39, 0.29) is 11.9 Å². The molecule has 1 amide bonds. The summed E-state index contributed by atoms with van der Waals surface area (Å²) in [5.74, 6) is 0.0933. The molecule has 92 valence electrons. The number of nitrogens with two attached hydrogens (primary N) is 1. The molecule has 1 aliphatic rings. The molecule has 0 spiro atoms. The summed E-state index contributed by atoms with van der Waals surface area (Å²) in [6, 6.07) is 0.564. The van der Waals surface area contributed by atoms with Gasteiger partial charge in [-0.15, -0.1) is 0 Å². The maximum atomic E-state index is 11.5. The average Bonchev–Trinajstić information content (AvgIpc) is 2.78. The SMILES string of the molecule is CCCNC(=O)CC(CN)NC1CC=CC1. The maximum absolute atomic E-state index is 11.5. The Hall–Kier alpha value is -0.870. The van der Waals surface area contributed by atoms with Crippen molar-refractivity contribution in [2.75, 3.05) is 13.1 Å². The number of hydrogen-bond acceptors (Lipinski definition) is 3. The van der Waals surface area contributed by atoms with Crippen molar-refractivity contribution in [3.63, 3.8) is 0 Å². The number of carbonyl (C=O) groups is 1. The first kappa shape index (κ1) is 13.2. The zero-order chi connectivity index (χ0) is 11.8. The van der Waals surface area contributed by atoms with Crippen molar-refractivity contribution >= 4 is 5.91 Å². The Morgan fingerprint density at radius 3 is 2.75 bits per heavy atom. The largest absolute Gasteiger partial charge is 0.356 e. The van der Waals surface area contributed by atoms with Crippen LogP contribution in [0.5, 0.6) is 0 Å². The molecule has 1 unspecified atom stereocenters. The van der Waals surface area contributed by atoms with Gasteiger partial charge in [-0.1, -0.05) is 19.1 Å². The van der Waals surface area contributed by atoms with Crippen LogP contribution in [0, 0.1) is 0 Å². The van der Waals surface area contributed by atoms with Crippen LogP contribution in [0.3, 0.4) is 0 Å². The van der Waals surface area contributed by atoms with Crippen molar-refractivity contribution in [2.24, 2.45) is 5.73 Å². The number of rotatable bonds is 7. The maximum Gasteiger partial charge on any atom is 0.221 e. The molecule has 4 nitrogen and oxygen atoms in total. The van der Waals surface area contributed by atoms with Crippen LogP contribution in [0.2, 0.25) is 0 Å². The van der Waals surface area contributed by atoms with Crippen LogP contribution < -0.4 is 16.4 Å². The summed E-state index contributed by atoms with van der Waals surface area (Å²) in [6.45, 7) is 3.31. The average molecular weight is 225 g/mol. The Kier molecular flexibility index (Phi) is 6.11. The molecular formula is C12H23N3O.